The first-order valence-corrected chi connectivity index (χ1v) is 10.6. The zero-order chi connectivity index (χ0) is 17.7. The van der Waals surface area contributed by atoms with Crippen LogP contribution in [0, 0.1) is 5.92 Å². The van der Waals surface area contributed by atoms with Gasteiger partial charge in [-0.2, -0.15) is 0 Å². The summed E-state index contributed by atoms with van der Waals surface area (Å²) in [4.78, 5) is 16.8. The standard InChI is InChI=1S/C16H33NO4Si/c1-12(10-11-21-22(8,9)16(3,4)5)14(18)13(2)15(19)17(6)20-7/h13-14,18H,1,10-11H2,2-9H3/t13-,14+/m0/s1. The monoisotopic (exact) mass is 331 g/mol. The van der Waals surface area contributed by atoms with Crippen LogP contribution in [0.2, 0.25) is 18.1 Å². The Morgan fingerprint density at radius 3 is 2.27 bits per heavy atom. The van der Waals surface area contributed by atoms with Crippen LogP contribution < -0.4 is 0 Å². The van der Waals surface area contributed by atoms with E-state index in [2.05, 4.69) is 40.4 Å². The van der Waals surface area contributed by atoms with E-state index in [0.717, 1.165) is 5.06 Å². The van der Waals surface area contributed by atoms with Crippen LogP contribution in [0.3, 0.4) is 0 Å². The van der Waals surface area contributed by atoms with Crippen molar-refractivity contribution in [2.24, 2.45) is 5.92 Å². The fourth-order valence-corrected chi connectivity index (χ4v) is 2.71. The smallest absolute Gasteiger partial charge is 0.251 e. The lowest BCUT2D eigenvalue weighted by molar-refractivity contribution is -0.175. The lowest BCUT2D eigenvalue weighted by atomic mass is 9.96. The minimum Gasteiger partial charge on any atom is -0.417 e. The molecule has 1 N–H and O–H groups in total. The number of hydrogen-bond donors (Lipinski definition) is 1. The predicted octanol–water partition coefficient (Wildman–Crippen LogP) is 2.97. The van der Waals surface area contributed by atoms with Crippen molar-refractivity contribution in [1.29, 1.82) is 0 Å². The van der Waals surface area contributed by atoms with Crippen molar-refractivity contribution in [3.05, 3.63) is 12.2 Å². The average molecular weight is 332 g/mol. The van der Waals surface area contributed by atoms with Gasteiger partial charge in [0.15, 0.2) is 8.32 Å². The average Bonchev–Trinajstić information content (AvgIpc) is 2.42. The van der Waals surface area contributed by atoms with E-state index in [4.69, 9.17) is 9.26 Å². The van der Waals surface area contributed by atoms with E-state index < -0.39 is 20.3 Å². The highest BCUT2D eigenvalue weighted by Gasteiger charge is 2.37. The normalized spacial score (nSPS) is 15.3. The molecule has 0 aliphatic rings. The minimum absolute atomic E-state index is 0.150. The SMILES string of the molecule is C=C(CCO[Si](C)(C)C(C)(C)C)[C@@H](O)[C@H](C)C(=O)N(C)OC. The fourth-order valence-electron chi connectivity index (χ4n) is 1.67. The molecule has 2 atom stereocenters. The predicted molar refractivity (Wildman–Crippen MR) is 91.9 cm³/mol. The lowest BCUT2D eigenvalue weighted by Crippen LogP contribution is -2.41. The highest BCUT2D eigenvalue weighted by molar-refractivity contribution is 6.74. The van der Waals surface area contributed by atoms with Crippen LogP contribution in [0.15, 0.2) is 12.2 Å². The Labute approximate surface area is 136 Å². The first-order chi connectivity index (χ1) is 9.85. The van der Waals surface area contributed by atoms with Crippen molar-refractivity contribution < 1.29 is 19.2 Å². The number of aliphatic hydroxyl groups excluding tert-OH is 1. The number of carbonyl (C=O) groups excluding carboxylic acids is 1. The van der Waals surface area contributed by atoms with Crippen LogP contribution in [-0.4, -0.2) is 51.3 Å². The second-order valence-corrected chi connectivity index (χ2v) is 12.1. The summed E-state index contributed by atoms with van der Waals surface area (Å²) in [6, 6.07) is 0. The highest BCUT2D eigenvalue weighted by Crippen LogP contribution is 2.36. The summed E-state index contributed by atoms with van der Waals surface area (Å²) in [5.41, 5.74) is 0.615. The van der Waals surface area contributed by atoms with E-state index >= 15 is 0 Å². The Kier molecular flexibility index (Phi) is 7.98. The van der Waals surface area contributed by atoms with Crippen LogP contribution in [0.25, 0.3) is 0 Å². The Morgan fingerprint density at radius 1 is 1.36 bits per heavy atom. The van der Waals surface area contributed by atoms with Gasteiger partial charge in [-0.1, -0.05) is 34.3 Å². The number of amides is 1. The fraction of sp³-hybridized carbons (Fsp3) is 0.812. The van der Waals surface area contributed by atoms with Gasteiger partial charge >= 0.3 is 0 Å². The van der Waals surface area contributed by atoms with Crippen molar-refractivity contribution in [3.63, 3.8) is 0 Å². The summed E-state index contributed by atoms with van der Waals surface area (Å²) in [7, 11) is 1.14. The topological polar surface area (TPSA) is 59.0 Å². The third-order valence-corrected chi connectivity index (χ3v) is 9.10. The Morgan fingerprint density at radius 2 is 1.86 bits per heavy atom. The molecule has 22 heavy (non-hydrogen) atoms. The van der Waals surface area contributed by atoms with Gasteiger partial charge in [0.2, 0.25) is 0 Å². The zero-order valence-corrected chi connectivity index (χ0v) is 16.4. The van der Waals surface area contributed by atoms with E-state index in [1.54, 1.807) is 6.92 Å². The van der Waals surface area contributed by atoms with Crippen LogP contribution in [0.1, 0.15) is 34.1 Å². The molecule has 0 rings (SSSR count). The Balaban J connectivity index is 4.47. The molecule has 0 unspecified atom stereocenters. The second-order valence-electron chi connectivity index (χ2n) is 7.27. The van der Waals surface area contributed by atoms with E-state index in [-0.39, 0.29) is 10.9 Å². The molecule has 0 aromatic carbocycles. The molecular weight excluding hydrogens is 298 g/mol. The van der Waals surface area contributed by atoms with Gasteiger partial charge in [0.05, 0.1) is 19.1 Å². The number of nitrogens with zero attached hydrogens (tertiary/aromatic N) is 1. The van der Waals surface area contributed by atoms with Crippen molar-refractivity contribution in [2.75, 3.05) is 20.8 Å². The van der Waals surface area contributed by atoms with Gasteiger partial charge in [0.1, 0.15) is 0 Å². The van der Waals surface area contributed by atoms with Gasteiger partial charge in [0, 0.05) is 13.7 Å². The molecular formula is C16H33NO4Si. The number of hydrogen-bond acceptors (Lipinski definition) is 4. The highest BCUT2D eigenvalue weighted by atomic mass is 28.4. The van der Waals surface area contributed by atoms with Crippen LogP contribution in [0.5, 0.6) is 0 Å². The van der Waals surface area contributed by atoms with Gasteiger partial charge in [-0.25, -0.2) is 5.06 Å². The first kappa shape index (κ1) is 21.3. The minimum atomic E-state index is -1.80. The van der Waals surface area contributed by atoms with Crippen molar-refractivity contribution in [2.45, 2.75) is 58.4 Å². The van der Waals surface area contributed by atoms with Gasteiger partial charge in [-0.15, -0.1) is 0 Å². The van der Waals surface area contributed by atoms with Gasteiger partial charge in [-0.05, 0) is 30.1 Å². The maximum atomic E-state index is 12.0. The number of rotatable bonds is 8. The van der Waals surface area contributed by atoms with E-state index in [0.29, 0.717) is 18.6 Å². The molecule has 0 aliphatic heterocycles. The summed E-state index contributed by atoms with van der Waals surface area (Å²) in [5, 5.41) is 11.5. The lowest BCUT2D eigenvalue weighted by Gasteiger charge is -2.36. The van der Waals surface area contributed by atoms with Crippen LogP contribution >= 0.6 is 0 Å². The molecule has 1 amide bonds. The van der Waals surface area contributed by atoms with Gasteiger partial charge < -0.3 is 9.53 Å². The maximum Gasteiger partial charge on any atom is 0.251 e. The Bertz CT molecular complexity index is 390. The zero-order valence-electron chi connectivity index (χ0n) is 15.4. The third-order valence-electron chi connectivity index (χ3n) is 4.56. The molecule has 0 bridgehead atoms. The van der Waals surface area contributed by atoms with Crippen LogP contribution in [-0.2, 0) is 14.1 Å². The molecule has 0 radical (unpaired) electrons. The van der Waals surface area contributed by atoms with Crippen molar-refractivity contribution in [1.82, 2.24) is 5.06 Å². The first-order valence-electron chi connectivity index (χ1n) is 7.66. The molecule has 0 spiro atoms. The quantitative estimate of drug-likeness (QED) is 0.422. The molecule has 0 saturated carbocycles. The van der Waals surface area contributed by atoms with E-state index in [1.807, 2.05) is 0 Å². The second kappa shape index (κ2) is 8.24. The summed E-state index contributed by atoms with van der Waals surface area (Å²) in [5.74, 6) is -0.869. The molecule has 0 fully saturated rings. The summed E-state index contributed by atoms with van der Waals surface area (Å²) in [6.07, 6.45) is -0.352. The van der Waals surface area contributed by atoms with Crippen molar-refractivity contribution >= 4 is 14.2 Å². The molecule has 0 aromatic heterocycles. The van der Waals surface area contributed by atoms with E-state index in [9.17, 15) is 9.90 Å². The maximum absolute atomic E-state index is 12.0. The van der Waals surface area contributed by atoms with Gasteiger partial charge in [0.25, 0.3) is 5.91 Å². The van der Waals surface area contributed by atoms with Crippen LogP contribution in [0.4, 0.5) is 0 Å². The Hall–Kier alpha value is -0.693. The van der Waals surface area contributed by atoms with Gasteiger partial charge in [-0.3, -0.25) is 9.63 Å². The number of hydroxylamine groups is 2. The molecule has 0 aliphatic carbocycles. The molecule has 5 nitrogen and oxygen atoms in total. The molecule has 6 heteroatoms. The van der Waals surface area contributed by atoms with E-state index in [1.165, 1.54) is 14.2 Å². The molecule has 0 aromatic rings. The molecule has 0 saturated heterocycles. The number of aliphatic hydroxyl groups is 1. The summed E-state index contributed by atoms with van der Waals surface area (Å²) >= 11 is 0. The summed E-state index contributed by atoms with van der Waals surface area (Å²) < 4.78 is 6.07. The van der Waals surface area contributed by atoms with Crippen molar-refractivity contribution in [3.8, 4) is 0 Å². The third kappa shape index (κ3) is 5.83. The molecule has 130 valence electrons. The molecule has 0 heterocycles. The summed E-state index contributed by atoms with van der Waals surface area (Å²) in [6.45, 7) is 17.0. The number of carbonyl (C=O) groups is 1. The largest absolute Gasteiger partial charge is 0.417 e.